The molecule has 1 atom stereocenters. The van der Waals surface area contributed by atoms with Crippen molar-refractivity contribution in [1.82, 2.24) is 10.6 Å². The number of alkyl halides is 4. The summed E-state index contributed by atoms with van der Waals surface area (Å²) in [6.45, 7) is 1.97. The van der Waals surface area contributed by atoms with Gasteiger partial charge in [-0.3, -0.25) is 0 Å². The van der Waals surface area contributed by atoms with Crippen molar-refractivity contribution in [2.75, 3.05) is 19.6 Å². The second-order valence-electron chi connectivity index (χ2n) is 4.21. The Balaban J connectivity index is 2.20. The minimum absolute atomic E-state index is 0.228. The van der Waals surface area contributed by atoms with E-state index in [1.165, 1.54) is 12.1 Å². The Bertz CT molecular complexity index is 422. The van der Waals surface area contributed by atoms with Crippen molar-refractivity contribution in [2.45, 2.75) is 18.6 Å². The average molecular weight is 278 g/mol. The Hall–Kier alpha value is -1.34. The molecule has 3 nitrogen and oxygen atoms in total. The van der Waals surface area contributed by atoms with Crippen LogP contribution in [0.1, 0.15) is 11.6 Å². The van der Waals surface area contributed by atoms with Crippen LogP contribution >= 0.6 is 0 Å². The minimum atomic E-state index is -4.49. The minimum Gasteiger partial charge on any atom is -0.428 e. The highest BCUT2D eigenvalue weighted by Gasteiger charge is 2.44. The Morgan fingerprint density at radius 2 is 1.95 bits per heavy atom. The van der Waals surface area contributed by atoms with Crippen LogP contribution in [-0.4, -0.2) is 32.2 Å². The van der Waals surface area contributed by atoms with Crippen LogP contribution in [0.25, 0.3) is 0 Å². The number of piperazine rings is 1. The van der Waals surface area contributed by atoms with E-state index in [0.29, 0.717) is 18.7 Å². The van der Waals surface area contributed by atoms with E-state index in [4.69, 9.17) is 0 Å². The van der Waals surface area contributed by atoms with E-state index in [1.807, 2.05) is 0 Å². The third kappa shape index (κ3) is 3.36. The lowest BCUT2D eigenvalue weighted by Gasteiger charge is -2.27. The third-order valence-corrected chi connectivity index (χ3v) is 2.84. The fraction of sp³-hybridized carbons (Fsp3) is 0.500. The van der Waals surface area contributed by atoms with E-state index in [2.05, 4.69) is 15.4 Å². The number of hydrogen-bond acceptors (Lipinski definition) is 3. The van der Waals surface area contributed by atoms with Crippen molar-refractivity contribution in [2.24, 2.45) is 0 Å². The smallest absolute Gasteiger partial charge is 0.428 e. The monoisotopic (exact) mass is 278 g/mol. The van der Waals surface area contributed by atoms with Crippen LogP contribution in [0.15, 0.2) is 24.3 Å². The van der Waals surface area contributed by atoms with Crippen LogP contribution in [0.5, 0.6) is 5.75 Å². The van der Waals surface area contributed by atoms with E-state index in [1.54, 1.807) is 12.1 Å². The van der Waals surface area contributed by atoms with Crippen molar-refractivity contribution in [3.05, 3.63) is 29.8 Å². The topological polar surface area (TPSA) is 33.3 Å². The molecule has 1 aliphatic rings. The highest BCUT2D eigenvalue weighted by atomic mass is 19.3. The number of benzene rings is 1. The van der Waals surface area contributed by atoms with Gasteiger partial charge in [-0.15, -0.1) is 0 Å². The van der Waals surface area contributed by atoms with E-state index >= 15 is 0 Å². The zero-order chi connectivity index (χ0) is 13.9. The SMILES string of the molecule is FC(F)C(F)(F)Oc1ccccc1[C@@H]1CNCCN1. The maximum absolute atomic E-state index is 13.0. The molecule has 0 aliphatic carbocycles. The maximum Gasteiger partial charge on any atom is 0.461 e. The van der Waals surface area contributed by atoms with Gasteiger partial charge in [0.1, 0.15) is 5.75 Å². The molecule has 2 rings (SSSR count). The van der Waals surface area contributed by atoms with Crippen LogP contribution in [0, 0.1) is 0 Å². The van der Waals surface area contributed by atoms with Gasteiger partial charge < -0.3 is 15.4 Å². The first-order chi connectivity index (χ1) is 9.00. The van der Waals surface area contributed by atoms with Crippen LogP contribution < -0.4 is 15.4 Å². The molecule has 0 aromatic heterocycles. The number of ether oxygens (including phenoxy) is 1. The summed E-state index contributed by atoms with van der Waals surface area (Å²) in [4.78, 5) is 0. The Labute approximate surface area is 107 Å². The quantitative estimate of drug-likeness (QED) is 0.828. The second kappa shape index (κ2) is 5.75. The molecular weight excluding hydrogens is 264 g/mol. The normalized spacial score (nSPS) is 20.6. The summed E-state index contributed by atoms with van der Waals surface area (Å²) in [7, 11) is 0. The molecule has 1 saturated heterocycles. The van der Waals surface area contributed by atoms with Gasteiger partial charge >= 0.3 is 12.5 Å². The van der Waals surface area contributed by atoms with Crippen LogP contribution in [0.4, 0.5) is 17.6 Å². The summed E-state index contributed by atoms with van der Waals surface area (Å²) in [6.07, 6.45) is -8.35. The number of halogens is 4. The largest absolute Gasteiger partial charge is 0.461 e. The zero-order valence-electron chi connectivity index (χ0n) is 10.0. The van der Waals surface area contributed by atoms with Crippen molar-refractivity contribution < 1.29 is 22.3 Å². The van der Waals surface area contributed by atoms with Crippen molar-refractivity contribution in [1.29, 1.82) is 0 Å². The van der Waals surface area contributed by atoms with Gasteiger partial charge in [0.25, 0.3) is 0 Å². The molecule has 0 radical (unpaired) electrons. The Kier molecular flexibility index (Phi) is 4.26. The zero-order valence-corrected chi connectivity index (χ0v) is 10.0. The fourth-order valence-corrected chi connectivity index (χ4v) is 1.93. The average Bonchev–Trinajstić information content (AvgIpc) is 2.40. The predicted molar refractivity (Wildman–Crippen MR) is 61.6 cm³/mol. The highest BCUT2D eigenvalue weighted by molar-refractivity contribution is 5.36. The van der Waals surface area contributed by atoms with Gasteiger partial charge in [-0.2, -0.15) is 17.6 Å². The fourth-order valence-electron chi connectivity index (χ4n) is 1.93. The lowest BCUT2D eigenvalue weighted by molar-refractivity contribution is -0.253. The highest BCUT2D eigenvalue weighted by Crippen LogP contribution is 2.32. The van der Waals surface area contributed by atoms with Crippen molar-refractivity contribution in [3.63, 3.8) is 0 Å². The summed E-state index contributed by atoms with van der Waals surface area (Å²) >= 11 is 0. The van der Waals surface area contributed by atoms with Gasteiger partial charge in [-0.25, -0.2) is 0 Å². The molecule has 1 aromatic rings. The Morgan fingerprint density at radius 1 is 1.21 bits per heavy atom. The van der Waals surface area contributed by atoms with Gasteiger partial charge in [-0.1, -0.05) is 18.2 Å². The first-order valence-electron chi connectivity index (χ1n) is 5.88. The molecule has 2 N–H and O–H groups in total. The Morgan fingerprint density at radius 3 is 2.58 bits per heavy atom. The lowest BCUT2D eigenvalue weighted by atomic mass is 10.0. The first kappa shape index (κ1) is 14.1. The summed E-state index contributed by atoms with van der Waals surface area (Å²) in [5.74, 6) is -0.228. The molecular formula is C12H14F4N2O. The molecule has 0 amide bonds. The number of hydrogen-bond donors (Lipinski definition) is 2. The lowest BCUT2D eigenvalue weighted by Crippen LogP contribution is -2.43. The van der Waals surface area contributed by atoms with E-state index < -0.39 is 12.5 Å². The van der Waals surface area contributed by atoms with E-state index in [9.17, 15) is 17.6 Å². The molecule has 106 valence electrons. The molecule has 19 heavy (non-hydrogen) atoms. The maximum atomic E-state index is 13.0. The van der Waals surface area contributed by atoms with Gasteiger partial charge in [0, 0.05) is 31.2 Å². The molecule has 1 aliphatic heterocycles. The van der Waals surface area contributed by atoms with Gasteiger partial charge in [0.2, 0.25) is 0 Å². The summed E-state index contributed by atoms with van der Waals surface area (Å²) in [6, 6.07) is 5.73. The molecule has 0 saturated carbocycles. The predicted octanol–water partition coefficient (Wildman–Crippen LogP) is 2.16. The first-order valence-corrected chi connectivity index (χ1v) is 5.88. The molecule has 1 heterocycles. The molecule has 1 fully saturated rings. The van der Waals surface area contributed by atoms with E-state index in [-0.39, 0.29) is 11.8 Å². The van der Waals surface area contributed by atoms with Crippen molar-refractivity contribution >= 4 is 0 Å². The molecule has 7 heteroatoms. The number of nitrogens with one attached hydrogen (secondary N) is 2. The van der Waals surface area contributed by atoms with Crippen molar-refractivity contribution in [3.8, 4) is 5.75 Å². The number of rotatable bonds is 4. The molecule has 0 bridgehead atoms. The molecule has 1 aromatic carbocycles. The standard InChI is InChI=1S/C12H14F4N2O/c13-11(14)12(15,16)19-10-4-2-1-3-8(10)9-7-17-5-6-18-9/h1-4,9,11,17-18H,5-7H2/t9-/m0/s1. The third-order valence-electron chi connectivity index (χ3n) is 2.84. The summed E-state index contributed by atoms with van der Waals surface area (Å²) < 4.78 is 54.5. The molecule has 0 spiro atoms. The molecule has 0 unspecified atom stereocenters. The summed E-state index contributed by atoms with van der Waals surface area (Å²) in [5, 5.41) is 6.21. The van der Waals surface area contributed by atoms with Crippen LogP contribution in [0.3, 0.4) is 0 Å². The van der Waals surface area contributed by atoms with Crippen LogP contribution in [-0.2, 0) is 0 Å². The van der Waals surface area contributed by atoms with Gasteiger partial charge in [-0.05, 0) is 6.07 Å². The van der Waals surface area contributed by atoms with E-state index in [0.717, 1.165) is 6.54 Å². The second-order valence-corrected chi connectivity index (χ2v) is 4.21. The van der Waals surface area contributed by atoms with Crippen LogP contribution in [0.2, 0.25) is 0 Å². The van der Waals surface area contributed by atoms with Gasteiger partial charge in [0.05, 0.1) is 0 Å². The number of para-hydroxylation sites is 1. The summed E-state index contributed by atoms with van der Waals surface area (Å²) in [5.41, 5.74) is 0.440. The van der Waals surface area contributed by atoms with Gasteiger partial charge in [0.15, 0.2) is 0 Å².